The highest BCUT2D eigenvalue weighted by atomic mass is 16.6. The van der Waals surface area contributed by atoms with E-state index in [1.54, 1.807) is 24.3 Å². The van der Waals surface area contributed by atoms with Gasteiger partial charge in [0, 0.05) is 5.56 Å². The molecule has 0 fully saturated rings. The lowest BCUT2D eigenvalue weighted by Gasteiger charge is -1.96. The minimum absolute atomic E-state index is 0.0655. The summed E-state index contributed by atoms with van der Waals surface area (Å²) in [5, 5.41) is 0. The lowest BCUT2D eigenvalue weighted by molar-refractivity contribution is 0.0763. The molecule has 3 heteroatoms. The molecule has 0 saturated carbocycles. The van der Waals surface area contributed by atoms with Crippen LogP contribution in [0.4, 0.5) is 0 Å². The smallest absolute Gasteiger partial charge is 0.190 e. The molecule has 3 nitrogen and oxygen atoms in total. The van der Waals surface area contributed by atoms with Gasteiger partial charge in [-0.05, 0) is 0 Å². The number of benzene rings is 1. The maximum absolute atomic E-state index is 11.0. The van der Waals surface area contributed by atoms with E-state index in [1.165, 1.54) is 0 Å². The summed E-state index contributed by atoms with van der Waals surface area (Å²) >= 11 is 0. The molecule has 0 unspecified atom stereocenters. The van der Waals surface area contributed by atoms with E-state index in [2.05, 4.69) is 4.84 Å². The van der Waals surface area contributed by atoms with E-state index in [1.807, 2.05) is 6.07 Å². The van der Waals surface area contributed by atoms with E-state index in [-0.39, 0.29) is 12.4 Å². The first-order chi connectivity index (χ1) is 5.34. The predicted octanol–water partition coefficient (Wildman–Crippen LogP) is 0.760. The van der Waals surface area contributed by atoms with Crippen molar-refractivity contribution < 1.29 is 9.63 Å². The van der Waals surface area contributed by atoms with Crippen LogP contribution in [0.25, 0.3) is 0 Å². The maximum atomic E-state index is 11.0. The van der Waals surface area contributed by atoms with Gasteiger partial charge in [0.2, 0.25) is 0 Å². The molecule has 58 valence electrons. The van der Waals surface area contributed by atoms with Crippen LogP contribution >= 0.6 is 0 Å². The van der Waals surface area contributed by atoms with Crippen molar-refractivity contribution in [2.24, 2.45) is 5.90 Å². The van der Waals surface area contributed by atoms with E-state index in [0.717, 1.165) is 0 Å². The number of ketones is 1. The largest absolute Gasteiger partial charge is 0.296 e. The zero-order chi connectivity index (χ0) is 8.10. The van der Waals surface area contributed by atoms with Gasteiger partial charge in [0.25, 0.3) is 0 Å². The van der Waals surface area contributed by atoms with E-state index < -0.39 is 0 Å². The Morgan fingerprint density at radius 2 is 2.00 bits per heavy atom. The minimum atomic E-state index is -0.104. The summed E-state index contributed by atoms with van der Waals surface area (Å²) < 4.78 is 0. The number of rotatable bonds is 3. The van der Waals surface area contributed by atoms with Crippen LogP contribution < -0.4 is 5.90 Å². The third-order valence-corrected chi connectivity index (χ3v) is 1.31. The number of hydrogen-bond acceptors (Lipinski definition) is 3. The highest BCUT2D eigenvalue weighted by Gasteiger charge is 2.02. The number of hydrogen-bond donors (Lipinski definition) is 1. The van der Waals surface area contributed by atoms with Gasteiger partial charge in [0.05, 0.1) is 0 Å². The number of carbonyl (C=O) groups is 1. The van der Waals surface area contributed by atoms with Gasteiger partial charge < -0.3 is 0 Å². The molecule has 0 amide bonds. The summed E-state index contributed by atoms with van der Waals surface area (Å²) in [7, 11) is 0. The van der Waals surface area contributed by atoms with Gasteiger partial charge in [0.15, 0.2) is 5.78 Å². The molecule has 0 aromatic heterocycles. The number of Topliss-reactive ketones (excluding diaryl/α,β-unsaturated/α-hetero) is 1. The Morgan fingerprint density at radius 1 is 1.36 bits per heavy atom. The third-order valence-electron chi connectivity index (χ3n) is 1.31. The van der Waals surface area contributed by atoms with Gasteiger partial charge in [-0.1, -0.05) is 30.3 Å². The second-order valence-corrected chi connectivity index (χ2v) is 2.10. The molecule has 2 N–H and O–H groups in total. The van der Waals surface area contributed by atoms with E-state index in [4.69, 9.17) is 5.90 Å². The average Bonchev–Trinajstić information content (AvgIpc) is 2.07. The molecule has 0 bridgehead atoms. The maximum Gasteiger partial charge on any atom is 0.190 e. The van der Waals surface area contributed by atoms with Gasteiger partial charge in [-0.3, -0.25) is 9.63 Å². The summed E-state index contributed by atoms with van der Waals surface area (Å²) in [5.74, 6) is 4.64. The zero-order valence-corrected chi connectivity index (χ0v) is 5.99. The van der Waals surface area contributed by atoms with Gasteiger partial charge >= 0.3 is 0 Å². The Morgan fingerprint density at radius 3 is 2.55 bits per heavy atom. The van der Waals surface area contributed by atoms with Crippen molar-refractivity contribution >= 4 is 5.78 Å². The van der Waals surface area contributed by atoms with E-state index in [0.29, 0.717) is 5.56 Å². The Bertz CT molecular complexity index is 233. The van der Waals surface area contributed by atoms with Crippen LogP contribution in [0.1, 0.15) is 10.4 Å². The Hall–Kier alpha value is -1.19. The van der Waals surface area contributed by atoms with Gasteiger partial charge in [-0.25, -0.2) is 5.90 Å². The lowest BCUT2D eigenvalue weighted by Crippen LogP contribution is -2.12. The average molecular weight is 151 g/mol. The molecule has 1 aromatic rings. The molecule has 0 saturated heterocycles. The first kappa shape index (κ1) is 7.91. The molecule has 0 aliphatic carbocycles. The number of carbonyl (C=O) groups excluding carboxylic acids is 1. The van der Waals surface area contributed by atoms with Crippen molar-refractivity contribution in [2.75, 3.05) is 6.61 Å². The molecular formula is C8H9NO2. The minimum Gasteiger partial charge on any atom is -0.296 e. The molecule has 0 heterocycles. The summed E-state index contributed by atoms with van der Waals surface area (Å²) in [6, 6.07) is 8.89. The summed E-state index contributed by atoms with van der Waals surface area (Å²) in [5.41, 5.74) is 0.623. The fourth-order valence-corrected chi connectivity index (χ4v) is 0.783. The highest BCUT2D eigenvalue weighted by Crippen LogP contribution is 1.98. The van der Waals surface area contributed by atoms with E-state index >= 15 is 0 Å². The van der Waals surface area contributed by atoms with Crippen LogP contribution in [0.15, 0.2) is 30.3 Å². The van der Waals surface area contributed by atoms with Crippen molar-refractivity contribution in [3.63, 3.8) is 0 Å². The molecule has 0 aliphatic rings. The molecule has 0 aliphatic heterocycles. The lowest BCUT2D eigenvalue weighted by atomic mass is 10.1. The second-order valence-electron chi connectivity index (χ2n) is 2.10. The monoisotopic (exact) mass is 151 g/mol. The highest BCUT2D eigenvalue weighted by molar-refractivity contribution is 5.96. The number of nitrogens with two attached hydrogens (primary N) is 1. The van der Waals surface area contributed by atoms with Crippen molar-refractivity contribution in [1.82, 2.24) is 0 Å². The van der Waals surface area contributed by atoms with Crippen LogP contribution in [0.3, 0.4) is 0 Å². The van der Waals surface area contributed by atoms with Crippen LogP contribution in [0, 0.1) is 0 Å². The Kier molecular flexibility index (Phi) is 2.77. The van der Waals surface area contributed by atoms with E-state index in [9.17, 15) is 4.79 Å². The fraction of sp³-hybridized carbons (Fsp3) is 0.125. The molecule has 1 rings (SSSR count). The Balaban J connectivity index is 2.69. The standard InChI is InChI=1S/C8H9NO2/c9-11-6-8(10)7-4-2-1-3-5-7/h1-5H,6,9H2. The van der Waals surface area contributed by atoms with Crippen LogP contribution in [0.5, 0.6) is 0 Å². The van der Waals surface area contributed by atoms with Crippen LogP contribution in [-0.2, 0) is 4.84 Å². The fourth-order valence-electron chi connectivity index (χ4n) is 0.783. The Labute approximate surface area is 64.7 Å². The molecule has 0 spiro atoms. The van der Waals surface area contributed by atoms with Crippen LogP contribution in [-0.4, -0.2) is 12.4 Å². The first-order valence-corrected chi connectivity index (χ1v) is 3.24. The second kappa shape index (κ2) is 3.85. The van der Waals surface area contributed by atoms with Gasteiger partial charge in [-0.2, -0.15) is 0 Å². The van der Waals surface area contributed by atoms with Crippen molar-refractivity contribution in [2.45, 2.75) is 0 Å². The molecule has 0 radical (unpaired) electrons. The summed E-state index contributed by atoms with van der Waals surface area (Å²) in [6.45, 7) is -0.0655. The topological polar surface area (TPSA) is 52.3 Å². The van der Waals surface area contributed by atoms with Gasteiger partial charge in [-0.15, -0.1) is 0 Å². The van der Waals surface area contributed by atoms with Gasteiger partial charge in [0.1, 0.15) is 6.61 Å². The zero-order valence-electron chi connectivity index (χ0n) is 5.99. The van der Waals surface area contributed by atoms with Crippen LogP contribution in [0.2, 0.25) is 0 Å². The molecule has 11 heavy (non-hydrogen) atoms. The van der Waals surface area contributed by atoms with Crippen molar-refractivity contribution in [1.29, 1.82) is 0 Å². The molecular weight excluding hydrogens is 142 g/mol. The van der Waals surface area contributed by atoms with Crippen molar-refractivity contribution in [3.8, 4) is 0 Å². The molecule has 1 aromatic carbocycles. The normalized spacial score (nSPS) is 9.55. The summed E-state index contributed by atoms with van der Waals surface area (Å²) in [6.07, 6.45) is 0. The third kappa shape index (κ3) is 2.14. The molecule has 0 atom stereocenters. The SMILES string of the molecule is NOCC(=O)c1ccccc1. The predicted molar refractivity (Wildman–Crippen MR) is 40.9 cm³/mol. The summed E-state index contributed by atoms with van der Waals surface area (Å²) in [4.78, 5) is 15.2. The quantitative estimate of drug-likeness (QED) is 0.512. The first-order valence-electron chi connectivity index (χ1n) is 3.24. The van der Waals surface area contributed by atoms with Crippen molar-refractivity contribution in [3.05, 3.63) is 35.9 Å².